The van der Waals surface area contributed by atoms with Crippen LogP contribution in [-0.4, -0.2) is 48.9 Å². The fraction of sp³-hybridized carbons (Fsp3) is 0.333. The van der Waals surface area contributed by atoms with Gasteiger partial charge in [-0.2, -0.15) is 0 Å². The van der Waals surface area contributed by atoms with Gasteiger partial charge in [-0.05, 0) is 38.1 Å². The van der Waals surface area contributed by atoms with Gasteiger partial charge in [-0.3, -0.25) is 9.59 Å². The molecule has 0 spiro atoms. The number of hydrogen-bond acceptors (Lipinski definition) is 4. The second kappa shape index (κ2) is 8.04. The van der Waals surface area contributed by atoms with Gasteiger partial charge in [0.25, 0.3) is 5.91 Å². The van der Waals surface area contributed by atoms with E-state index < -0.39 is 6.10 Å². The maximum Gasteiger partial charge on any atom is 0.263 e. The van der Waals surface area contributed by atoms with Crippen molar-refractivity contribution in [2.75, 3.05) is 31.1 Å². The van der Waals surface area contributed by atoms with Crippen molar-refractivity contribution >= 4 is 17.4 Å². The molecule has 3 rings (SSSR count). The molecule has 0 N–H and O–H groups in total. The SMILES string of the molecule is CC(=O)c1cccc(OC(C)C(=O)N2CCN(c3ccccc3)CC2)c1. The Morgan fingerprint density at radius 2 is 1.65 bits per heavy atom. The van der Waals surface area contributed by atoms with Crippen LogP contribution in [-0.2, 0) is 4.79 Å². The van der Waals surface area contributed by atoms with Crippen LogP contribution in [0.1, 0.15) is 24.2 Å². The minimum atomic E-state index is -0.583. The molecule has 1 fully saturated rings. The number of ether oxygens (including phenoxy) is 1. The largest absolute Gasteiger partial charge is 0.481 e. The number of carbonyl (C=O) groups excluding carboxylic acids is 2. The van der Waals surface area contributed by atoms with E-state index in [0.29, 0.717) is 24.4 Å². The van der Waals surface area contributed by atoms with Crippen LogP contribution < -0.4 is 9.64 Å². The summed E-state index contributed by atoms with van der Waals surface area (Å²) in [5.41, 5.74) is 1.77. The maximum absolute atomic E-state index is 12.7. The number of hydrogen-bond donors (Lipinski definition) is 0. The van der Waals surface area contributed by atoms with E-state index in [1.807, 2.05) is 23.1 Å². The summed E-state index contributed by atoms with van der Waals surface area (Å²) < 4.78 is 5.77. The Morgan fingerprint density at radius 3 is 2.31 bits per heavy atom. The Morgan fingerprint density at radius 1 is 0.962 bits per heavy atom. The van der Waals surface area contributed by atoms with E-state index in [-0.39, 0.29) is 11.7 Å². The summed E-state index contributed by atoms with van der Waals surface area (Å²) in [5, 5.41) is 0. The average molecular weight is 352 g/mol. The lowest BCUT2D eigenvalue weighted by Crippen LogP contribution is -2.52. The molecule has 1 aliphatic rings. The number of carbonyl (C=O) groups is 2. The highest BCUT2D eigenvalue weighted by atomic mass is 16.5. The van der Waals surface area contributed by atoms with Gasteiger partial charge in [-0.1, -0.05) is 30.3 Å². The molecule has 0 aromatic heterocycles. The number of benzene rings is 2. The molecular weight excluding hydrogens is 328 g/mol. The summed E-state index contributed by atoms with van der Waals surface area (Å²) in [4.78, 5) is 28.3. The van der Waals surface area contributed by atoms with Crippen molar-refractivity contribution in [1.29, 1.82) is 0 Å². The van der Waals surface area contributed by atoms with Gasteiger partial charge in [0.15, 0.2) is 11.9 Å². The lowest BCUT2D eigenvalue weighted by atomic mass is 10.1. The second-order valence-electron chi connectivity index (χ2n) is 6.49. The lowest BCUT2D eigenvalue weighted by Gasteiger charge is -2.37. The van der Waals surface area contributed by atoms with E-state index in [9.17, 15) is 9.59 Å². The van der Waals surface area contributed by atoms with Crippen LogP contribution in [0.4, 0.5) is 5.69 Å². The van der Waals surface area contributed by atoms with Gasteiger partial charge in [-0.15, -0.1) is 0 Å². The lowest BCUT2D eigenvalue weighted by molar-refractivity contribution is -0.138. The Hall–Kier alpha value is -2.82. The molecule has 1 unspecified atom stereocenters. The number of Topliss-reactive ketones (excluding diaryl/α,β-unsaturated/α-hetero) is 1. The van der Waals surface area contributed by atoms with Gasteiger partial charge < -0.3 is 14.5 Å². The second-order valence-corrected chi connectivity index (χ2v) is 6.49. The zero-order valence-corrected chi connectivity index (χ0v) is 15.2. The molecule has 0 aliphatic carbocycles. The average Bonchev–Trinajstić information content (AvgIpc) is 2.68. The third-order valence-corrected chi connectivity index (χ3v) is 4.61. The molecule has 0 radical (unpaired) electrons. The Bertz CT molecular complexity index is 768. The Balaban J connectivity index is 1.56. The minimum Gasteiger partial charge on any atom is -0.481 e. The van der Waals surface area contributed by atoms with Gasteiger partial charge >= 0.3 is 0 Å². The number of piperazine rings is 1. The third kappa shape index (κ3) is 4.23. The van der Waals surface area contributed by atoms with Gasteiger partial charge in [0.1, 0.15) is 5.75 Å². The smallest absolute Gasteiger partial charge is 0.263 e. The van der Waals surface area contributed by atoms with E-state index in [2.05, 4.69) is 17.0 Å². The van der Waals surface area contributed by atoms with Gasteiger partial charge in [0.05, 0.1) is 0 Å². The van der Waals surface area contributed by atoms with Crippen LogP contribution in [0.15, 0.2) is 54.6 Å². The van der Waals surface area contributed by atoms with E-state index >= 15 is 0 Å². The predicted octanol–water partition coefficient (Wildman–Crippen LogP) is 3.01. The first-order chi connectivity index (χ1) is 12.5. The molecule has 1 saturated heterocycles. The number of ketones is 1. The Kier molecular flexibility index (Phi) is 5.56. The van der Waals surface area contributed by atoms with E-state index in [4.69, 9.17) is 4.74 Å². The summed E-state index contributed by atoms with van der Waals surface area (Å²) >= 11 is 0. The summed E-state index contributed by atoms with van der Waals surface area (Å²) in [6.07, 6.45) is -0.583. The molecule has 0 saturated carbocycles. The predicted molar refractivity (Wildman–Crippen MR) is 102 cm³/mol. The van der Waals surface area contributed by atoms with Crippen molar-refractivity contribution in [2.24, 2.45) is 0 Å². The van der Waals surface area contributed by atoms with Crippen LogP contribution in [0.3, 0.4) is 0 Å². The first-order valence-electron chi connectivity index (χ1n) is 8.91. The highest BCUT2D eigenvalue weighted by Crippen LogP contribution is 2.18. The number of anilines is 1. The van der Waals surface area contributed by atoms with Crippen LogP contribution in [0.2, 0.25) is 0 Å². The van der Waals surface area contributed by atoms with Crippen molar-refractivity contribution in [3.8, 4) is 5.75 Å². The normalized spacial score (nSPS) is 15.5. The zero-order chi connectivity index (χ0) is 18.5. The summed E-state index contributed by atoms with van der Waals surface area (Å²) in [6, 6.07) is 17.2. The van der Waals surface area contributed by atoms with Gasteiger partial charge in [0, 0.05) is 37.4 Å². The molecular formula is C21H24N2O3. The summed E-state index contributed by atoms with van der Waals surface area (Å²) in [6.45, 7) is 6.24. The first-order valence-corrected chi connectivity index (χ1v) is 8.91. The van der Waals surface area contributed by atoms with Crippen LogP contribution in [0, 0.1) is 0 Å². The van der Waals surface area contributed by atoms with Crippen molar-refractivity contribution in [3.05, 3.63) is 60.2 Å². The van der Waals surface area contributed by atoms with Crippen molar-refractivity contribution in [2.45, 2.75) is 20.0 Å². The number of rotatable bonds is 5. The molecule has 5 heteroatoms. The quantitative estimate of drug-likeness (QED) is 0.776. The molecule has 26 heavy (non-hydrogen) atoms. The van der Waals surface area contributed by atoms with Crippen molar-refractivity contribution in [1.82, 2.24) is 4.90 Å². The van der Waals surface area contributed by atoms with Crippen molar-refractivity contribution in [3.63, 3.8) is 0 Å². The standard InChI is InChI=1S/C21H24N2O3/c1-16(24)18-7-6-10-20(15-18)26-17(2)21(25)23-13-11-22(12-14-23)19-8-4-3-5-9-19/h3-10,15,17H,11-14H2,1-2H3. The van der Waals surface area contributed by atoms with E-state index in [1.165, 1.54) is 12.6 Å². The zero-order valence-electron chi connectivity index (χ0n) is 15.2. The molecule has 136 valence electrons. The van der Waals surface area contributed by atoms with E-state index in [0.717, 1.165) is 13.1 Å². The molecule has 1 atom stereocenters. The van der Waals surface area contributed by atoms with Gasteiger partial charge in [-0.25, -0.2) is 0 Å². The molecule has 2 aromatic carbocycles. The molecule has 0 bridgehead atoms. The number of amides is 1. The van der Waals surface area contributed by atoms with Crippen molar-refractivity contribution < 1.29 is 14.3 Å². The molecule has 1 heterocycles. The molecule has 5 nitrogen and oxygen atoms in total. The summed E-state index contributed by atoms with van der Waals surface area (Å²) in [7, 11) is 0. The van der Waals surface area contributed by atoms with E-state index in [1.54, 1.807) is 31.2 Å². The summed E-state index contributed by atoms with van der Waals surface area (Å²) in [5.74, 6) is 0.499. The Labute approximate surface area is 154 Å². The molecule has 2 aromatic rings. The monoisotopic (exact) mass is 352 g/mol. The fourth-order valence-electron chi connectivity index (χ4n) is 3.12. The fourth-order valence-corrected chi connectivity index (χ4v) is 3.12. The van der Waals surface area contributed by atoms with Crippen LogP contribution in [0.25, 0.3) is 0 Å². The minimum absolute atomic E-state index is 0.0218. The van der Waals surface area contributed by atoms with Crippen LogP contribution >= 0.6 is 0 Å². The topological polar surface area (TPSA) is 49.9 Å². The first kappa shape index (κ1) is 18.0. The highest BCUT2D eigenvalue weighted by molar-refractivity contribution is 5.94. The van der Waals surface area contributed by atoms with Crippen LogP contribution in [0.5, 0.6) is 5.75 Å². The van der Waals surface area contributed by atoms with Gasteiger partial charge in [0.2, 0.25) is 0 Å². The maximum atomic E-state index is 12.7. The number of para-hydroxylation sites is 1. The highest BCUT2D eigenvalue weighted by Gasteiger charge is 2.26. The molecule has 1 aliphatic heterocycles. The molecule has 1 amide bonds. The number of nitrogens with zero attached hydrogens (tertiary/aromatic N) is 2. The third-order valence-electron chi connectivity index (χ3n) is 4.61.